The fourth-order valence-electron chi connectivity index (χ4n) is 2.34. The van der Waals surface area contributed by atoms with E-state index in [1.54, 1.807) is 0 Å². The van der Waals surface area contributed by atoms with Gasteiger partial charge in [0.1, 0.15) is 0 Å². The second-order valence-electron chi connectivity index (χ2n) is 5.03. The van der Waals surface area contributed by atoms with Gasteiger partial charge in [-0.3, -0.25) is 4.98 Å². The van der Waals surface area contributed by atoms with Gasteiger partial charge in [-0.1, -0.05) is 48.5 Å². The van der Waals surface area contributed by atoms with Gasteiger partial charge in [0, 0.05) is 18.5 Å². The monoisotopic (exact) mass is 262 g/mol. The van der Waals surface area contributed by atoms with Crippen LogP contribution in [0.5, 0.6) is 0 Å². The molecule has 20 heavy (non-hydrogen) atoms. The molecule has 1 aromatic heterocycles. The third-order valence-corrected chi connectivity index (χ3v) is 3.54. The van der Waals surface area contributed by atoms with Crippen LogP contribution in [0.25, 0.3) is 10.9 Å². The first-order chi connectivity index (χ1) is 9.83. The summed E-state index contributed by atoms with van der Waals surface area (Å²) in [5, 5.41) is 4.65. The number of nitrogens with zero attached hydrogens (tertiary/aromatic N) is 1. The Morgan fingerprint density at radius 2 is 1.65 bits per heavy atom. The summed E-state index contributed by atoms with van der Waals surface area (Å²) in [4.78, 5) is 4.67. The van der Waals surface area contributed by atoms with Crippen LogP contribution >= 0.6 is 0 Å². The van der Waals surface area contributed by atoms with E-state index in [0.717, 1.165) is 24.3 Å². The molecule has 0 atom stereocenters. The molecule has 0 unspecified atom stereocenters. The number of rotatable bonds is 4. The minimum absolute atomic E-state index is 0.791. The molecular formula is C18H18N2. The second-order valence-corrected chi connectivity index (χ2v) is 5.03. The number of aryl methyl sites for hydroxylation is 1. The maximum Gasteiger partial charge on any atom is 0.0705 e. The minimum atomic E-state index is 0.791. The van der Waals surface area contributed by atoms with E-state index >= 15 is 0 Å². The van der Waals surface area contributed by atoms with Crippen LogP contribution in [0.1, 0.15) is 16.8 Å². The fourth-order valence-corrected chi connectivity index (χ4v) is 2.34. The van der Waals surface area contributed by atoms with Crippen molar-refractivity contribution in [3.63, 3.8) is 0 Å². The SMILES string of the molecule is Cc1ccccc1CNCc1ccc2ccccc2n1. The summed E-state index contributed by atoms with van der Waals surface area (Å²) in [7, 11) is 0. The topological polar surface area (TPSA) is 24.9 Å². The second kappa shape index (κ2) is 5.85. The zero-order chi connectivity index (χ0) is 13.8. The van der Waals surface area contributed by atoms with Crippen LogP contribution in [0.2, 0.25) is 0 Å². The molecule has 0 aliphatic heterocycles. The predicted molar refractivity (Wildman–Crippen MR) is 83.5 cm³/mol. The fraction of sp³-hybridized carbons (Fsp3) is 0.167. The molecule has 0 saturated carbocycles. The highest BCUT2D eigenvalue weighted by molar-refractivity contribution is 5.78. The van der Waals surface area contributed by atoms with Crippen molar-refractivity contribution >= 4 is 10.9 Å². The molecule has 0 amide bonds. The highest BCUT2D eigenvalue weighted by atomic mass is 14.9. The Balaban J connectivity index is 1.67. The van der Waals surface area contributed by atoms with Crippen LogP contribution in [-0.4, -0.2) is 4.98 Å². The predicted octanol–water partition coefficient (Wildman–Crippen LogP) is 3.83. The molecule has 1 N–H and O–H groups in total. The summed E-state index contributed by atoms with van der Waals surface area (Å²) in [6, 6.07) is 20.9. The summed E-state index contributed by atoms with van der Waals surface area (Å²) in [5.41, 5.74) is 4.81. The smallest absolute Gasteiger partial charge is 0.0705 e. The lowest BCUT2D eigenvalue weighted by Gasteiger charge is -2.08. The van der Waals surface area contributed by atoms with Crippen molar-refractivity contribution < 1.29 is 0 Å². The zero-order valence-corrected chi connectivity index (χ0v) is 11.6. The first kappa shape index (κ1) is 12.8. The van der Waals surface area contributed by atoms with Crippen molar-refractivity contribution in [3.8, 4) is 0 Å². The van der Waals surface area contributed by atoms with Gasteiger partial charge in [-0.15, -0.1) is 0 Å². The molecule has 3 aromatic rings. The lowest BCUT2D eigenvalue weighted by atomic mass is 10.1. The lowest BCUT2D eigenvalue weighted by Crippen LogP contribution is -2.14. The van der Waals surface area contributed by atoms with Crippen molar-refractivity contribution in [2.75, 3.05) is 0 Å². The standard InChI is InChI=1S/C18H18N2/c1-14-6-2-3-8-16(14)12-19-13-17-11-10-15-7-4-5-9-18(15)20-17/h2-11,19H,12-13H2,1H3. The van der Waals surface area contributed by atoms with E-state index in [9.17, 15) is 0 Å². The van der Waals surface area contributed by atoms with Crippen LogP contribution in [0.4, 0.5) is 0 Å². The van der Waals surface area contributed by atoms with Crippen LogP contribution in [-0.2, 0) is 13.1 Å². The zero-order valence-electron chi connectivity index (χ0n) is 11.6. The number of aromatic nitrogens is 1. The molecule has 0 saturated heterocycles. The van der Waals surface area contributed by atoms with Gasteiger partial charge in [0.15, 0.2) is 0 Å². The van der Waals surface area contributed by atoms with Crippen molar-refractivity contribution in [3.05, 3.63) is 77.5 Å². The molecule has 0 aliphatic carbocycles. The number of nitrogens with one attached hydrogen (secondary N) is 1. The van der Waals surface area contributed by atoms with E-state index in [4.69, 9.17) is 0 Å². The summed E-state index contributed by atoms with van der Waals surface area (Å²) < 4.78 is 0. The number of hydrogen-bond acceptors (Lipinski definition) is 2. The number of para-hydroxylation sites is 1. The highest BCUT2D eigenvalue weighted by Gasteiger charge is 1.99. The first-order valence-corrected chi connectivity index (χ1v) is 6.93. The Labute approximate surface area is 119 Å². The van der Waals surface area contributed by atoms with Crippen LogP contribution < -0.4 is 5.32 Å². The molecule has 0 radical (unpaired) electrons. The van der Waals surface area contributed by atoms with E-state index in [2.05, 4.69) is 65.8 Å². The number of pyridine rings is 1. The largest absolute Gasteiger partial charge is 0.307 e. The van der Waals surface area contributed by atoms with Crippen molar-refractivity contribution in [1.29, 1.82) is 0 Å². The normalized spacial score (nSPS) is 10.8. The van der Waals surface area contributed by atoms with E-state index < -0.39 is 0 Å². The van der Waals surface area contributed by atoms with Crippen LogP contribution in [0.15, 0.2) is 60.7 Å². The molecule has 100 valence electrons. The third kappa shape index (κ3) is 2.86. The van der Waals surface area contributed by atoms with Crippen molar-refractivity contribution in [1.82, 2.24) is 10.3 Å². The molecule has 0 aliphatic rings. The van der Waals surface area contributed by atoms with Gasteiger partial charge in [-0.2, -0.15) is 0 Å². The quantitative estimate of drug-likeness (QED) is 0.773. The Morgan fingerprint density at radius 1 is 0.850 bits per heavy atom. The van der Waals surface area contributed by atoms with Crippen LogP contribution in [0.3, 0.4) is 0 Å². The van der Waals surface area contributed by atoms with Gasteiger partial charge >= 0.3 is 0 Å². The molecule has 2 aromatic carbocycles. The van der Waals surface area contributed by atoms with Crippen LogP contribution in [0, 0.1) is 6.92 Å². The Hall–Kier alpha value is -2.19. The first-order valence-electron chi connectivity index (χ1n) is 6.93. The molecule has 2 heteroatoms. The van der Waals surface area contributed by atoms with Crippen molar-refractivity contribution in [2.45, 2.75) is 20.0 Å². The number of hydrogen-bond donors (Lipinski definition) is 1. The Bertz CT molecular complexity index is 719. The molecule has 3 rings (SSSR count). The average Bonchev–Trinajstić information content (AvgIpc) is 2.49. The van der Waals surface area contributed by atoms with Gasteiger partial charge in [0.25, 0.3) is 0 Å². The molecule has 0 fully saturated rings. The summed E-state index contributed by atoms with van der Waals surface area (Å²) in [6.45, 7) is 3.81. The maximum absolute atomic E-state index is 4.67. The van der Waals surface area contributed by atoms with E-state index in [-0.39, 0.29) is 0 Å². The third-order valence-electron chi connectivity index (χ3n) is 3.54. The number of fused-ring (bicyclic) bond motifs is 1. The van der Waals surface area contributed by atoms with E-state index in [1.165, 1.54) is 16.5 Å². The van der Waals surface area contributed by atoms with Gasteiger partial charge in [0.05, 0.1) is 11.2 Å². The Morgan fingerprint density at radius 3 is 2.55 bits per heavy atom. The van der Waals surface area contributed by atoms with Gasteiger partial charge in [0.2, 0.25) is 0 Å². The molecule has 1 heterocycles. The van der Waals surface area contributed by atoms with E-state index in [1.807, 2.05) is 12.1 Å². The average molecular weight is 262 g/mol. The molecule has 0 bridgehead atoms. The van der Waals surface area contributed by atoms with Gasteiger partial charge < -0.3 is 5.32 Å². The summed E-state index contributed by atoms with van der Waals surface area (Å²) >= 11 is 0. The van der Waals surface area contributed by atoms with Gasteiger partial charge in [-0.05, 0) is 30.2 Å². The maximum atomic E-state index is 4.67. The minimum Gasteiger partial charge on any atom is -0.307 e. The van der Waals surface area contributed by atoms with Crippen molar-refractivity contribution in [2.24, 2.45) is 0 Å². The Kier molecular flexibility index (Phi) is 3.75. The van der Waals surface area contributed by atoms with Gasteiger partial charge in [-0.25, -0.2) is 0 Å². The summed E-state index contributed by atoms with van der Waals surface area (Å²) in [6.07, 6.45) is 0. The summed E-state index contributed by atoms with van der Waals surface area (Å²) in [5.74, 6) is 0. The highest BCUT2D eigenvalue weighted by Crippen LogP contribution is 2.12. The molecular weight excluding hydrogens is 244 g/mol. The lowest BCUT2D eigenvalue weighted by molar-refractivity contribution is 0.679. The molecule has 0 spiro atoms. The molecule has 2 nitrogen and oxygen atoms in total. The van der Waals surface area contributed by atoms with E-state index in [0.29, 0.717) is 0 Å². The number of benzene rings is 2.